The Kier molecular flexibility index (Phi) is 5.99. The summed E-state index contributed by atoms with van der Waals surface area (Å²) in [5.74, 6) is -0.392. The molecule has 0 saturated heterocycles. The van der Waals surface area contributed by atoms with Crippen molar-refractivity contribution in [2.24, 2.45) is 0 Å². The van der Waals surface area contributed by atoms with Crippen molar-refractivity contribution >= 4 is 34.6 Å². The van der Waals surface area contributed by atoms with Gasteiger partial charge in [0.15, 0.2) is 0 Å². The van der Waals surface area contributed by atoms with Crippen LogP contribution in [0.15, 0.2) is 48.6 Å². The third-order valence-corrected chi connectivity index (χ3v) is 4.35. The molecule has 1 heterocycles. The number of carbonyl (C=O) groups excluding carboxylic acids is 1. The molecular weight excluding hydrogens is 413 g/mol. The molecule has 0 radical (unpaired) electrons. The molecule has 0 aliphatic carbocycles. The normalized spacial score (nSPS) is 11.0. The maximum absolute atomic E-state index is 12.0. The fraction of sp³-hybridized carbons (Fsp3) is 0.158. The van der Waals surface area contributed by atoms with Crippen LogP contribution < -0.4 is 5.32 Å². The fourth-order valence-electron chi connectivity index (χ4n) is 2.49. The summed E-state index contributed by atoms with van der Waals surface area (Å²) in [6.45, 7) is 7.87. The lowest BCUT2D eigenvalue weighted by atomic mass is 10.1. The zero-order valence-electron chi connectivity index (χ0n) is 13.6. The summed E-state index contributed by atoms with van der Waals surface area (Å²) in [6.07, 6.45) is 3.21. The van der Waals surface area contributed by atoms with Gasteiger partial charge in [-0.3, -0.25) is 4.79 Å². The molecule has 0 aliphatic rings. The SMILES string of the molecule is C=CCNC(=O)/C(C#N)=C\c1cc(C)n(-c2ccc(I)cc2)c1C. The van der Waals surface area contributed by atoms with Crippen LogP contribution in [0.4, 0.5) is 0 Å². The van der Waals surface area contributed by atoms with Crippen molar-refractivity contribution in [1.29, 1.82) is 5.26 Å². The molecule has 1 N–H and O–H groups in total. The molecule has 0 saturated carbocycles. The Morgan fingerprint density at radius 1 is 1.38 bits per heavy atom. The number of benzene rings is 1. The van der Waals surface area contributed by atoms with Crippen LogP contribution in [0.2, 0.25) is 0 Å². The van der Waals surface area contributed by atoms with Crippen LogP contribution in [0.1, 0.15) is 17.0 Å². The van der Waals surface area contributed by atoms with Crippen LogP contribution in [0.3, 0.4) is 0 Å². The second-order valence-corrected chi connectivity index (χ2v) is 6.55. The summed E-state index contributed by atoms with van der Waals surface area (Å²) < 4.78 is 3.28. The van der Waals surface area contributed by atoms with Crippen molar-refractivity contribution in [3.05, 3.63) is 69.1 Å². The Hall–Kier alpha value is -2.33. The number of nitriles is 1. The number of rotatable bonds is 5. The lowest BCUT2D eigenvalue weighted by Crippen LogP contribution is -2.24. The number of nitrogens with zero attached hydrogens (tertiary/aromatic N) is 2. The molecule has 0 atom stereocenters. The molecule has 1 aromatic heterocycles. The van der Waals surface area contributed by atoms with Crippen molar-refractivity contribution in [2.75, 3.05) is 6.54 Å². The molecule has 0 spiro atoms. The molecular formula is C19H18IN3O. The number of aryl methyl sites for hydroxylation is 1. The highest BCUT2D eigenvalue weighted by Gasteiger charge is 2.13. The van der Waals surface area contributed by atoms with Crippen molar-refractivity contribution in [3.8, 4) is 11.8 Å². The maximum atomic E-state index is 12.0. The van der Waals surface area contributed by atoms with Crippen LogP contribution in [0, 0.1) is 28.7 Å². The highest BCUT2D eigenvalue weighted by molar-refractivity contribution is 14.1. The zero-order chi connectivity index (χ0) is 17.7. The summed E-state index contributed by atoms with van der Waals surface area (Å²) in [7, 11) is 0. The molecule has 5 heteroatoms. The van der Waals surface area contributed by atoms with Gasteiger partial charge in [0.25, 0.3) is 5.91 Å². The highest BCUT2D eigenvalue weighted by Crippen LogP contribution is 2.23. The van der Waals surface area contributed by atoms with Gasteiger partial charge in [-0.25, -0.2) is 0 Å². The first-order valence-corrected chi connectivity index (χ1v) is 8.51. The summed E-state index contributed by atoms with van der Waals surface area (Å²) >= 11 is 2.27. The molecule has 122 valence electrons. The third-order valence-electron chi connectivity index (χ3n) is 3.63. The van der Waals surface area contributed by atoms with E-state index in [1.54, 1.807) is 12.2 Å². The van der Waals surface area contributed by atoms with Gasteiger partial charge in [-0.1, -0.05) is 6.08 Å². The summed E-state index contributed by atoms with van der Waals surface area (Å²) in [5, 5.41) is 11.9. The van der Waals surface area contributed by atoms with E-state index in [1.807, 2.05) is 38.1 Å². The van der Waals surface area contributed by atoms with Crippen molar-refractivity contribution in [2.45, 2.75) is 13.8 Å². The van der Waals surface area contributed by atoms with Crippen molar-refractivity contribution < 1.29 is 4.79 Å². The Labute approximate surface area is 155 Å². The van der Waals surface area contributed by atoms with E-state index in [2.05, 4.69) is 51.2 Å². The smallest absolute Gasteiger partial charge is 0.262 e. The Bertz CT molecular complexity index is 839. The Morgan fingerprint density at radius 3 is 2.62 bits per heavy atom. The van der Waals surface area contributed by atoms with Gasteiger partial charge in [0.05, 0.1) is 0 Å². The highest BCUT2D eigenvalue weighted by atomic mass is 127. The molecule has 0 unspecified atom stereocenters. The molecule has 0 fully saturated rings. The van der Waals surface area contributed by atoms with E-state index >= 15 is 0 Å². The first-order chi connectivity index (χ1) is 11.5. The Morgan fingerprint density at radius 2 is 2.04 bits per heavy atom. The predicted molar refractivity (Wildman–Crippen MR) is 105 cm³/mol. The largest absolute Gasteiger partial charge is 0.348 e. The summed E-state index contributed by atoms with van der Waals surface area (Å²) in [6, 6.07) is 12.1. The lowest BCUT2D eigenvalue weighted by molar-refractivity contribution is -0.116. The van der Waals surface area contributed by atoms with Crippen LogP contribution in [-0.4, -0.2) is 17.0 Å². The fourth-order valence-corrected chi connectivity index (χ4v) is 2.84. The number of halogens is 1. The van der Waals surface area contributed by atoms with E-state index in [4.69, 9.17) is 0 Å². The van der Waals surface area contributed by atoms with Gasteiger partial charge in [-0.2, -0.15) is 5.26 Å². The van der Waals surface area contributed by atoms with E-state index in [-0.39, 0.29) is 5.57 Å². The van der Waals surface area contributed by atoms with Gasteiger partial charge in [-0.05, 0) is 78.4 Å². The quantitative estimate of drug-likeness (QED) is 0.338. The molecule has 2 rings (SSSR count). The van der Waals surface area contributed by atoms with Gasteiger partial charge >= 0.3 is 0 Å². The second-order valence-electron chi connectivity index (χ2n) is 5.31. The minimum absolute atomic E-state index is 0.0831. The molecule has 0 aliphatic heterocycles. The van der Waals surface area contributed by atoms with E-state index in [9.17, 15) is 10.1 Å². The van der Waals surface area contributed by atoms with Crippen LogP contribution in [-0.2, 0) is 4.79 Å². The van der Waals surface area contributed by atoms with Crippen molar-refractivity contribution in [1.82, 2.24) is 9.88 Å². The Balaban J connectivity index is 2.42. The van der Waals surface area contributed by atoms with E-state index in [0.717, 1.165) is 22.6 Å². The van der Waals surface area contributed by atoms with E-state index < -0.39 is 5.91 Å². The topological polar surface area (TPSA) is 57.8 Å². The number of amides is 1. The van der Waals surface area contributed by atoms with E-state index in [0.29, 0.717) is 6.54 Å². The third kappa shape index (κ3) is 3.95. The molecule has 1 amide bonds. The number of hydrogen-bond acceptors (Lipinski definition) is 2. The second kappa shape index (κ2) is 7.97. The van der Waals surface area contributed by atoms with Crippen LogP contribution in [0.5, 0.6) is 0 Å². The minimum Gasteiger partial charge on any atom is -0.348 e. The summed E-state index contributed by atoms with van der Waals surface area (Å²) in [4.78, 5) is 12.0. The van der Waals surface area contributed by atoms with Crippen molar-refractivity contribution in [3.63, 3.8) is 0 Å². The first-order valence-electron chi connectivity index (χ1n) is 7.43. The van der Waals surface area contributed by atoms with Crippen LogP contribution in [0.25, 0.3) is 11.8 Å². The average molecular weight is 431 g/mol. The lowest BCUT2D eigenvalue weighted by Gasteiger charge is -2.09. The van der Waals surface area contributed by atoms with E-state index in [1.165, 1.54) is 3.57 Å². The minimum atomic E-state index is -0.392. The van der Waals surface area contributed by atoms with Gasteiger partial charge in [0.2, 0.25) is 0 Å². The number of nitrogens with one attached hydrogen (secondary N) is 1. The van der Waals surface area contributed by atoms with Gasteiger partial charge in [-0.15, -0.1) is 6.58 Å². The molecule has 2 aromatic rings. The molecule has 1 aromatic carbocycles. The molecule has 0 bridgehead atoms. The standard InChI is InChI=1S/C19H18IN3O/c1-4-9-22-19(24)16(12-21)11-15-10-13(2)23(14(15)3)18-7-5-17(20)6-8-18/h4-8,10-11H,1,9H2,2-3H3,(H,22,24)/b16-11-. The zero-order valence-corrected chi connectivity index (χ0v) is 15.8. The monoisotopic (exact) mass is 431 g/mol. The maximum Gasteiger partial charge on any atom is 0.262 e. The van der Waals surface area contributed by atoms with Crippen LogP contribution >= 0.6 is 22.6 Å². The number of carbonyl (C=O) groups is 1. The molecule has 24 heavy (non-hydrogen) atoms. The van der Waals surface area contributed by atoms with Gasteiger partial charge in [0, 0.05) is 27.2 Å². The van der Waals surface area contributed by atoms with Gasteiger partial charge in [0.1, 0.15) is 11.6 Å². The summed E-state index contributed by atoms with van der Waals surface area (Å²) in [5.41, 5.74) is 4.03. The van der Waals surface area contributed by atoms with Gasteiger partial charge < -0.3 is 9.88 Å². The number of hydrogen-bond donors (Lipinski definition) is 1. The molecule has 4 nitrogen and oxygen atoms in total. The average Bonchev–Trinajstić information content (AvgIpc) is 2.85. The number of aromatic nitrogens is 1. The first kappa shape index (κ1) is 18.0. The predicted octanol–water partition coefficient (Wildman–Crippen LogP) is 3.91.